The molecule has 70 valence electrons. The van der Waals surface area contributed by atoms with E-state index in [2.05, 4.69) is 20.4 Å². The van der Waals surface area contributed by atoms with Crippen LogP contribution in [0.3, 0.4) is 0 Å². The molecule has 0 unspecified atom stereocenters. The molecule has 1 aliphatic heterocycles. The fourth-order valence-electron chi connectivity index (χ4n) is 1.79. The van der Waals surface area contributed by atoms with Gasteiger partial charge in [0.2, 0.25) is 0 Å². The summed E-state index contributed by atoms with van der Waals surface area (Å²) >= 11 is 0. The second kappa shape index (κ2) is 4.06. The Labute approximate surface area is 75.2 Å². The van der Waals surface area contributed by atoms with E-state index in [1.165, 1.54) is 0 Å². The first-order valence-electron chi connectivity index (χ1n) is 4.65. The van der Waals surface area contributed by atoms with Crippen LogP contribution in [0.2, 0.25) is 0 Å². The highest BCUT2D eigenvalue weighted by Crippen LogP contribution is 2.26. The Kier molecular flexibility index (Phi) is 3.29. The lowest BCUT2D eigenvalue weighted by molar-refractivity contribution is -0.147. The van der Waals surface area contributed by atoms with Crippen molar-refractivity contribution in [2.75, 3.05) is 7.05 Å². The molecule has 1 fully saturated rings. The Hall–Kier alpha value is -0.340. The minimum Gasteiger partial charge on any atom is -0.295 e. The van der Waals surface area contributed by atoms with E-state index in [9.17, 15) is 0 Å². The predicted octanol–water partition coefficient (Wildman–Crippen LogP) is 2.22. The zero-order chi connectivity index (χ0) is 9.14. The predicted molar refractivity (Wildman–Crippen MR) is 50.7 cm³/mol. The van der Waals surface area contributed by atoms with Crippen LogP contribution in [0.5, 0.6) is 0 Å². The van der Waals surface area contributed by atoms with Crippen LogP contribution in [0.25, 0.3) is 0 Å². The van der Waals surface area contributed by atoms with Crippen LogP contribution in [0.15, 0.2) is 12.7 Å². The minimum absolute atomic E-state index is 0.361. The Morgan fingerprint density at radius 3 is 2.75 bits per heavy atom. The van der Waals surface area contributed by atoms with Gasteiger partial charge in [0.05, 0.1) is 6.10 Å². The van der Waals surface area contributed by atoms with Crippen molar-refractivity contribution in [2.24, 2.45) is 5.92 Å². The van der Waals surface area contributed by atoms with Gasteiger partial charge in [0.1, 0.15) is 0 Å². The van der Waals surface area contributed by atoms with Crippen LogP contribution in [-0.4, -0.2) is 24.3 Å². The minimum atomic E-state index is 0.361. The Morgan fingerprint density at radius 2 is 2.33 bits per heavy atom. The molecule has 0 radical (unpaired) electrons. The van der Waals surface area contributed by atoms with Gasteiger partial charge >= 0.3 is 0 Å². The van der Waals surface area contributed by atoms with Crippen LogP contribution in [-0.2, 0) is 4.84 Å². The Morgan fingerprint density at radius 1 is 1.67 bits per heavy atom. The van der Waals surface area contributed by atoms with E-state index < -0.39 is 0 Å². The van der Waals surface area contributed by atoms with Crippen molar-refractivity contribution < 1.29 is 4.84 Å². The molecular weight excluding hydrogens is 150 g/mol. The standard InChI is InChI=1S/C10H19NO/c1-5-6-9-7-10(8(2)3)11(4)12-9/h5,8-10H,1,6-7H2,2-4H3/t9-,10-/m1/s1. The molecule has 1 aliphatic rings. The van der Waals surface area contributed by atoms with Gasteiger partial charge < -0.3 is 0 Å². The molecule has 1 rings (SSSR count). The average Bonchev–Trinajstić information content (AvgIpc) is 2.32. The van der Waals surface area contributed by atoms with Gasteiger partial charge in [-0.3, -0.25) is 4.84 Å². The van der Waals surface area contributed by atoms with Gasteiger partial charge in [-0.05, 0) is 18.8 Å². The average molecular weight is 169 g/mol. The number of hydroxylamine groups is 2. The molecule has 0 aromatic heterocycles. The Balaban J connectivity index is 2.44. The summed E-state index contributed by atoms with van der Waals surface area (Å²) in [6, 6.07) is 0.579. The molecule has 0 amide bonds. The van der Waals surface area contributed by atoms with Crippen LogP contribution in [0.4, 0.5) is 0 Å². The molecule has 2 atom stereocenters. The molecular formula is C10H19NO. The second-order valence-corrected chi connectivity index (χ2v) is 3.85. The van der Waals surface area contributed by atoms with Crippen LogP contribution in [0.1, 0.15) is 26.7 Å². The lowest BCUT2D eigenvalue weighted by Crippen LogP contribution is -2.28. The van der Waals surface area contributed by atoms with Gasteiger partial charge in [-0.15, -0.1) is 6.58 Å². The van der Waals surface area contributed by atoms with Gasteiger partial charge in [0.25, 0.3) is 0 Å². The number of rotatable bonds is 3. The monoisotopic (exact) mass is 169 g/mol. The summed E-state index contributed by atoms with van der Waals surface area (Å²) in [5.41, 5.74) is 0. The summed E-state index contributed by atoms with van der Waals surface area (Å²) in [6.07, 6.45) is 4.40. The lowest BCUT2D eigenvalue weighted by Gasteiger charge is -2.20. The largest absolute Gasteiger partial charge is 0.295 e. The van der Waals surface area contributed by atoms with E-state index in [4.69, 9.17) is 4.84 Å². The van der Waals surface area contributed by atoms with Gasteiger partial charge in [0, 0.05) is 13.1 Å². The molecule has 0 aromatic carbocycles. The van der Waals surface area contributed by atoms with Crippen molar-refractivity contribution in [1.29, 1.82) is 0 Å². The third-order valence-corrected chi connectivity index (χ3v) is 2.49. The fourth-order valence-corrected chi connectivity index (χ4v) is 1.79. The lowest BCUT2D eigenvalue weighted by atomic mass is 9.98. The van der Waals surface area contributed by atoms with E-state index in [-0.39, 0.29) is 0 Å². The maximum absolute atomic E-state index is 5.64. The number of nitrogens with zero attached hydrogens (tertiary/aromatic N) is 1. The van der Waals surface area contributed by atoms with Crippen LogP contribution < -0.4 is 0 Å². The maximum Gasteiger partial charge on any atom is 0.0843 e. The highest BCUT2D eigenvalue weighted by molar-refractivity contribution is 4.83. The van der Waals surface area contributed by atoms with E-state index in [0.29, 0.717) is 18.1 Å². The van der Waals surface area contributed by atoms with Gasteiger partial charge in [-0.1, -0.05) is 19.9 Å². The first-order valence-corrected chi connectivity index (χ1v) is 4.65. The molecule has 0 N–H and O–H groups in total. The smallest absolute Gasteiger partial charge is 0.0843 e. The third kappa shape index (κ3) is 2.08. The molecule has 0 aromatic rings. The van der Waals surface area contributed by atoms with E-state index in [0.717, 1.165) is 12.8 Å². The molecule has 2 nitrogen and oxygen atoms in total. The number of hydrogen-bond donors (Lipinski definition) is 0. The van der Waals surface area contributed by atoms with Crippen molar-refractivity contribution in [3.8, 4) is 0 Å². The van der Waals surface area contributed by atoms with Gasteiger partial charge in [0.15, 0.2) is 0 Å². The zero-order valence-electron chi connectivity index (χ0n) is 8.29. The topological polar surface area (TPSA) is 12.5 Å². The summed E-state index contributed by atoms with van der Waals surface area (Å²) in [7, 11) is 2.02. The van der Waals surface area contributed by atoms with Crippen molar-refractivity contribution in [3.05, 3.63) is 12.7 Å². The van der Waals surface area contributed by atoms with Crippen molar-refractivity contribution in [1.82, 2.24) is 5.06 Å². The van der Waals surface area contributed by atoms with Crippen LogP contribution >= 0.6 is 0 Å². The second-order valence-electron chi connectivity index (χ2n) is 3.85. The first-order chi connectivity index (χ1) is 5.65. The molecule has 1 saturated heterocycles. The molecule has 0 saturated carbocycles. The summed E-state index contributed by atoms with van der Waals surface area (Å²) in [4.78, 5) is 5.64. The van der Waals surface area contributed by atoms with Gasteiger partial charge in [-0.2, -0.15) is 5.06 Å². The molecule has 12 heavy (non-hydrogen) atoms. The summed E-state index contributed by atoms with van der Waals surface area (Å²) in [5, 5.41) is 2.00. The van der Waals surface area contributed by atoms with E-state index in [1.807, 2.05) is 18.2 Å². The zero-order valence-corrected chi connectivity index (χ0v) is 8.29. The highest BCUT2D eigenvalue weighted by Gasteiger charge is 2.31. The van der Waals surface area contributed by atoms with E-state index >= 15 is 0 Å². The molecule has 0 bridgehead atoms. The normalized spacial score (nSPS) is 31.3. The molecule has 0 spiro atoms. The van der Waals surface area contributed by atoms with E-state index in [1.54, 1.807) is 0 Å². The first kappa shape index (κ1) is 9.75. The number of hydrogen-bond acceptors (Lipinski definition) is 2. The fraction of sp³-hybridized carbons (Fsp3) is 0.800. The summed E-state index contributed by atoms with van der Waals surface area (Å²) in [6.45, 7) is 8.19. The van der Waals surface area contributed by atoms with Gasteiger partial charge in [-0.25, -0.2) is 0 Å². The van der Waals surface area contributed by atoms with Crippen molar-refractivity contribution in [2.45, 2.75) is 38.8 Å². The summed E-state index contributed by atoms with van der Waals surface area (Å²) in [5.74, 6) is 0.671. The Bertz CT molecular complexity index is 156. The highest BCUT2D eigenvalue weighted by atomic mass is 16.7. The molecule has 1 heterocycles. The third-order valence-electron chi connectivity index (χ3n) is 2.49. The van der Waals surface area contributed by atoms with Crippen molar-refractivity contribution in [3.63, 3.8) is 0 Å². The SMILES string of the molecule is C=CC[C@@H]1C[C@H](C(C)C)N(C)O1. The molecule has 2 heteroatoms. The maximum atomic E-state index is 5.64. The van der Waals surface area contributed by atoms with Crippen molar-refractivity contribution >= 4 is 0 Å². The quantitative estimate of drug-likeness (QED) is 0.601. The summed E-state index contributed by atoms with van der Waals surface area (Å²) < 4.78 is 0. The van der Waals surface area contributed by atoms with Crippen LogP contribution in [0, 0.1) is 5.92 Å². The molecule has 0 aliphatic carbocycles.